The van der Waals surface area contributed by atoms with Crippen LogP contribution in [0, 0.1) is 5.92 Å². The molecular formula is C16H21ClFNO3Si. The molecule has 1 spiro atoms. The first-order valence-corrected chi connectivity index (χ1v) is 11.1. The van der Waals surface area contributed by atoms with Crippen LogP contribution < -0.4 is 5.32 Å². The molecule has 0 aliphatic carbocycles. The highest BCUT2D eigenvalue weighted by molar-refractivity contribution is 6.72. The summed E-state index contributed by atoms with van der Waals surface area (Å²) in [6, 6.07) is 5.17. The molecule has 3 rings (SSSR count). The van der Waals surface area contributed by atoms with E-state index in [0.717, 1.165) is 0 Å². The zero-order valence-electron chi connectivity index (χ0n) is 13.4. The van der Waals surface area contributed by atoms with Crippen LogP contribution in [0.5, 0.6) is 0 Å². The molecular weight excluding hydrogens is 337 g/mol. The zero-order valence-corrected chi connectivity index (χ0v) is 15.2. The summed E-state index contributed by atoms with van der Waals surface area (Å²) in [7, 11) is -3.09. The van der Waals surface area contributed by atoms with Crippen molar-refractivity contribution >= 4 is 31.6 Å². The van der Waals surface area contributed by atoms with Crippen LogP contribution in [-0.2, 0) is 15.1 Å². The average molecular weight is 358 g/mol. The van der Waals surface area contributed by atoms with Gasteiger partial charge >= 0.3 is 0 Å². The van der Waals surface area contributed by atoms with Crippen LogP contribution in [0.1, 0.15) is 18.9 Å². The molecule has 0 radical (unpaired) electrons. The van der Waals surface area contributed by atoms with Crippen molar-refractivity contribution in [2.24, 2.45) is 5.92 Å². The summed E-state index contributed by atoms with van der Waals surface area (Å²) in [5.41, 5.74) is -0.259. The van der Waals surface area contributed by atoms with Gasteiger partial charge in [-0.1, -0.05) is 18.5 Å². The number of carbonyl (C=O) groups is 1. The smallest absolute Gasteiger partial charge is 0.261 e. The maximum atomic E-state index is 15.0. The van der Waals surface area contributed by atoms with Gasteiger partial charge in [-0.05, 0) is 37.7 Å². The molecule has 2 aliphatic heterocycles. The molecule has 1 fully saturated rings. The number of amides is 1. The predicted octanol–water partition coefficient (Wildman–Crippen LogP) is 3.45. The van der Waals surface area contributed by atoms with Gasteiger partial charge in [0, 0.05) is 34.3 Å². The van der Waals surface area contributed by atoms with E-state index in [1.54, 1.807) is 31.3 Å². The van der Waals surface area contributed by atoms with Gasteiger partial charge in [-0.15, -0.1) is 0 Å². The Morgan fingerprint density at radius 1 is 1.48 bits per heavy atom. The third kappa shape index (κ3) is 2.43. The minimum absolute atomic E-state index is 0.0987. The van der Waals surface area contributed by atoms with E-state index in [4.69, 9.17) is 16.3 Å². The summed E-state index contributed by atoms with van der Waals surface area (Å²) in [5.74, 6) is -0.601. The number of ether oxygens (including phenoxy) is 1. The summed E-state index contributed by atoms with van der Waals surface area (Å²) < 4.78 is 21.1. The molecule has 1 amide bonds. The van der Waals surface area contributed by atoms with Crippen LogP contribution >= 0.6 is 11.6 Å². The van der Waals surface area contributed by atoms with Gasteiger partial charge in [0.25, 0.3) is 5.91 Å². The molecule has 0 saturated carbocycles. The summed E-state index contributed by atoms with van der Waals surface area (Å²) in [6.07, 6.45) is -0.155. The highest BCUT2D eigenvalue weighted by atomic mass is 35.5. The van der Waals surface area contributed by atoms with E-state index >= 15 is 0 Å². The molecule has 2 aliphatic rings. The van der Waals surface area contributed by atoms with Crippen LogP contribution in [-0.4, -0.2) is 32.1 Å². The van der Waals surface area contributed by atoms with Crippen LogP contribution in [0.3, 0.4) is 0 Å². The standard InChI is InChI=1S/C16H21ClFNO3Si/c1-9-14(23(2,3)18)13(6-7-20)22-16(9)11-8-10(17)4-5-12(11)19-15(16)21/h4-5,8-9,13-14,20H,6-7H2,1-3H3,(H,19,21)/t9-,13+,14-,16+/m0/s1. The number of benzene rings is 1. The minimum Gasteiger partial charge on any atom is -0.396 e. The third-order valence-corrected chi connectivity index (χ3v) is 7.78. The number of aliphatic hydroxyl groups is 1. The molecule has 1 saturated heterocycles. The van der Waals surface area contributed by atoms with Gasteiger partial charge in [-0.2, -0.15) is 0 Å². The van der Waals surface area contributed by atoms with Crippen molar-refractivity contribution in [3.05, 3.63) is 28.8 Å². The molecule has 4 nitrogen and oxygen atoms in total. The molecule has 4 atom stereocenters. The molecule has 126 valence electrons. The molecule has 0 aromatic heterocycles. The Labute approximate surface area is 141 Å². The van der Waals surface area contributed by atoms with Gasteiger partial charge in [0.1, 0.15) is 0 Å². The van der Waals surface area contributed by atoms with Crippen molar-refractivity contribution in [2.75, 3.05) is 11.9 Å². The normalized spacial score (nSPS) is 33.1. The first kappa shape index (κ1) is 16.9. The van der Waals surface area contributed by atoms with E-state index in [1.807, 2.05) is 6.92 Å². The van der Waals surface area contributed by atoms with Crippen molar-refractivity contribution in [1.29, 1.82) is 0 Å². The lowest BCUT2D eigenvalue weighted by atomic mass is 9.82. The van der Waals surface area contributed by atoms with Crippen molar-refractivity contribution in [3.8, 4) is 0 Å². The van der Waals surface area contributed by atoms with Crippen molar-refractivity contribution in [1.82, 2.24) is 0 Å². The van der Waals surface area contributed by atoms with Crippen LogP contribution in [0.25, 0.3) is 0 Å². The number of rotatable bonds is 3. The van der Waals surface area contributed by atoms with Crippen LogP contribution in [0.15, 0.2) is 18.2 Å². The summed E-state index contributed by atoms with van der Waals surface area (Å²) in [5, 5.41) is 12.7. The maximum Gasteiger partial charge on any atom is 0.261 e. The number of nitrogens with one attached hydrogen (secondary N) is 1. The Morgan fingerprint density at radius 2 is 2.17 bits per heavy atom. The molecule has 23 heavy (non-hydrogen) atoms. The summed E-state index contributed by atoms with van der Waals surface area (Å²) >= 11 is 6.10. The Morgan fingerprint density at radius 3 is 2.78 bits per heavy atom. The van der Waals surface area contributed by atoms with E-state index in [1.165, 1.54) is 0 Å². The molecule has 0 bridgehead atoms. The molecule has 7 heteroatoms. The first-order valence-electron chi connectivity index (χ1n) is 7.81. The third-order valence-electron chi connectivity index (χ3n) is 5.09. The Hall–Kier alpha value is -0.953. The number of carbonyl (C=O) groups excluding carboxylic acids is 1. The van der Waals surface area contributed by atoms with Gasteiger partial charge in [0.15, 0.2) is 5.60 Å². The van der Waals surface area contributed by atoms with E-state index in [2.05, 4.69) is 5.32 Å². The fourth-order valence-electron chi connectivity index (χ4n) is 4.24. The topological polar surface area (TPSA) is 58.6 Å². The largest absolute Gasteiger partial charge is 0.396 e. The predicted molar refractivity (Wildman–Crippen MR) is 89.8 cm³/mol. The molecule has 1 aromatic rings. The minimum atomic E-state index is -3.09. The SMILES string of the molecule is C[C@H]1[C@H]([Si](C)(C)F)[C@@H](CCO)O[C@]12C(=O)Nc1ccc(Cl)cc12. The lowest BCUT2D eigenvalue weighted by molar-refractivity contribution is -0.143. The van der Waals surface area contributed by atoms with Gasteiger partial charge in [-0.25, -0.2) is 0 Å². The van der Waals surface area contributed by atoms with Gasteiger partial charge in [0.2, 0.25) is 8.41 Å². The van der Waals surface area contributed by atoms with E-state index in [9.17, 15) is 14.0 Å². The number of anilines is 1. The fourth-order valence-corrected chi connectivity index (χ4v) is 6.95. The van der Waals surface area contributed by atoms with Crippen LogP contribution in [0.4, 0.5) is 9.80 Å². The zero-order chi connectivity index (χ0) is 17.0. The lowest BCUT2D eigenvalue weighted by Crippen LogP contribution is -2.41. The molecule has 2 N–H and O–H groups in total. The number of aliphatic hydroxyl groups excluding tert-OH is 1. The first-order chi connectivity index (χ1) is 10.7. The second-order valence-corrected chi connectivity index (χ2v) is 11.2. The van der Waals surface area contributed by atoms with Crippen LogP contribution in [0.2, 0.25) is 23.7 Å². The molecule has 0 unspecified atom stereocenters. The molecule has 2 heterocycles. The lowest BCUT2D eigenvalue weighted by Gasteiger charge is -2.30. The van der Waals surface area contributed by atoms with Crippen molar-refractivity contribution in [3.63, 3.8) is 0 Å². The van der Waals surface area contributed by atoms with E-state index in [0.29, 0.717) is 22.7 Å². The van der Waals surface area contributed by atoms with Crippen molar-refractivity contribution in [2.45, 2.75) is 43.7 Å². The van der Waals surface area contributed by atoms with E-state index in [-0.39, 0.29) is 24.0 Å². The second kappa shape index (κ2) is 5.55. The maximum absolute atomic E-state index is 15.0. The number of hydrogen-bond donors (Lipinski definition) is 2. The Kier molecular flexibility index (Phi) is 4.07. The van der Waals surface area contributed by atoms with Gasteiger partial charge in [-0.3, -0.25) is 4.79 Å². The number of hydrogen-bond acceptors (Lipinski definition) is 3. The van der Waals surface area contributed by atoms with Gasteiger partial charge in [0.05, 0.1) is 6.10 Å². The van der Waals surface area contributed by atoms with Gasteiger partial charge < -0.3 is 19.3 Å². The Balaban J connectivity index is 2.13. The molecule has 1 aromatic carbocycles. The Bertz CT molecular complexity index is 651. The quantitative estimate of drug-likeness (QED) is 0.643. The average Bonchev–Trinajstić information content (AvgIpc) is 2.88. The summed E-state index contributed by atoms with van der Waals surface area (Å²) in [6.45, 7) is 5.03. The fraction of sp³-hybridized carbons (Fsp3) is 0.562. The van der Waals surface area contributed by atoms with E-state index < -0.39 is 20.1 Å². The second-order valence-electron chi connectivity index (χ2n) is 6.93. The highest BCUT2D eigenvalue weighted by Gasteiger charge is 2.64. The number of fused-ring (bicyclic) bond motifs is 2. The highest BCUT2D eigenvalue weighted by Crippen LogP contribution is 2.58. The monoisotopic (exact) mass is 357 g/mol. The number of halogens is 2. The van der Waals surface area contributed by atoms with Crippen molar-refractivity contribution < 1.29 is 18.7 Å². The summed E-state index contributed by atoms with van der Waals surface area (Å²) in [4.78, 5) is 12.8.